The maximum Gasteiger partial charge on any atom is 0.338 e. The highest BCUT2D eigenvalue weighted by atomic mass is 79.9. The van der Waals surface area contributed by atoms with Crippen LogP contribution >= 0.6 is 15.9 Å². The molecule has 0 N–H and O–H groups in total. The van der Waals surface area contributed by atoms with Gasteiger partial charge in [-0.2, -0.15) is 0 Å². The molecular weight excluding hydrogens is 346 g/mol. The number of halogens is 1. The van der Waals surface area contributed by atoms with Gasteiger partial charge in [0.15, 0.2) is 6.61 Å². The van der Waals surface area contributed by atoms with Gasteiger partial charge in [-0.3, -0.25) is 4.79 Å². The number of fused-ring (bicyclic) bond motifs is 1. The Hall–Kier alpha value is -2.14. The summed E-state index contributed by atoms with van der Waals surface area (Å²) in [6.45, 7) is 0.386. The van der Waals surface area contributed by atoms with Crippen LogP contribution in [0.1, 0.15) is 15.9 Å². The molecule has 0 aromatic heterocycles. The normalized spacial score (nSPS) is 12.9. The van der Waals surface area contributed by atoms with Crippen LogP contribution in [0.25, 0.3) is 0 Å². The van der Waals surface area contributed by atoms with E-state index in [9.17, 15) is 9.59 Å². The first-order chi connectivity index (χ1) is 10.6. The minimum Gasteiger partial charge on any atom is -0.452 e. The van der Waals surface area contributed by atoms with E-state index in [0.29, 0.717) is 12.1 Å². The number of rotatable bonds is 3. The molecule has 0 fully saturated rings. The second kappa shape index (κ2) is 6.32. The first-order valence-electron chi connectivity index (χ1n) is 6.96. The van der Waals surface area contributed by atoms with Crippen molar-refractivity contribution in [3.63, 3.8) is 0 Å². The predicted octanol–water partition coefficient (Wildman–Crippen LogP) is 3.20. The zero-order valence-corrected chi connectivity index (χ0v) is 13.4. The molecule has 1 aliphatic heterocycles. The molecule has 3 rings (SSSR count). The van der Waals surface area contributed by atoms with Crippen molar-refractivity contribution in [1.82, 2.24) is 0 Å². The van der Waals surface area contributed by atoms with Gasteiger partial charge in [0.1, 0.15) is 0 Å². The topological polar surface area (TPSA) is 46.6 Å². The molecular formula is C17H14BrNO3. The number of hydrogen-bond acceptors (Lipinski definition) is 3. The summed E-state index contributed by atoms with van der Waals surface area (Å²) < 4.78 is 5.99. The number of carbonyl (C=O) groups is 2. The summed E-state index contributed by atoms with van der Waals surface area (Å²) >= 11 is 3.30. The summed E-state index contributed by atoms with van der Waals surface area (Å²) in [7, 11) is 0. The number of para-hydroxylation sites is 1. The van der Waals surface area contributed by atoms with Crippen molar-refractivity contribution in [1.29, 1.82) is 0 Å². The van der Waals surface area contributed by atoms with Crippen molar-refractivity contribution in [2.24, 2.45) is 0 Å². The van der Waals surface area contributed by atoms with Crippen molar-refractivity contribution >= 4 is 33.5 Å². The van der Waals surface area contributed by atoms with Crippen molar-refractivity contribution in [3.05, 3.63) is 64.1 Å². The highest BCUT2D eigenvalue weighted by Crippen LogP contribution is 2.27. The van der Waals surface area contributed by atoms with Gasteiger partial charge in [0.25, 0.3) is 5.91 Å². The zero-order chi connectivity index (χ0) is 15.5. The highest BCUT2D eigenvalue weighted by molar-refractivity contribution is 9.10. The van der Waals surface area contributed by atoms with E-state index in [2.05, 4.69) is 15.9 Å². The van der Waals surface area contributed by atoms with Gasteiger partial charge < -0.3 is 9.64 Å². The van der Waals surface area contributed by atoms with Gasteiger partial charge in [-0.15, -0.1) is 0 Å². The third-order valence-electron chi connectivity index (χ3n) is 3.59. The van der Waals surface area contributed by atoms with Gasteiger partial charge in [0.05, 0.1) is 5.56 Å². The summed E-state index contributed by atoms with van der Waals surface area (Å²) in [4.78, 5) is 25.8. The van der Waals surface area contributed by atoms with E-state index in [1.54, 1.807) is 29.2 Å². The average Bonchev–Trinajstić information content (AvgIpc) is 2.97. The number of amides is 1. The van der Waals surface area contributed by atoms with Gasteiger partial charge in [-0.05, 0) is 42.3 Å². The lowest BCUT2D eigenvalue weighted by atomic mass is 10.2. The Balaban J connectivity index is 1.61. The molecule has 22 heavy (non-hydrogen) atoms. The van der Waals surface area contributed by atoms with Crippen LogP contribution in [0.5, 0.6) is 0 Å². The fourth-order valence-corrected chi connectivity index (χ4v) is 2.74. The van der Waals surface area contributed by atoms with E-state index in [1.165, 1.54) is 0 Å². The van der Waals surface area contributed by atoms with Crippen LogP contribution in [-0.2, 0) is 16.0 Å². The van der Waals surface area contributed by atoms with Crippen molar-refractivity contribution < 1.29 is 14.3 Å². The van der Waals surface area contributed by atoms with Crippen LogP contribution in [-0.4, -0.2) is 25.0 Å². The third-order valence-corrected chi connectivity index (χ3v) is 4.12. The summed E-state index contributed by atoms with van der Waals surface area (Å²) in [5.41, 5.74) is 2.49. The van der Waals surface area contributed by atoms with Gasteiger partial charge in [-0.25, -0.2) is 4.79 Å². The Morgan fingerprint density at radius 2 is 1.82 bits per heavy atom. The Labute approximate surface area is 136 Å². The Morgan fingerprint density at radius 3 is 2.59 bits per heavy atom. The van der Waals surface area contributed by atoms with E-state index in [0.717, 1.165) is 22.1 Å². The lowest BCUT2D eigenvalue weighted by Crippen LogP contribution is -2.33. The number of ether oxygens (including phenoxy) is 1. The molecule has 1 aliphatic rings. The second-order valence-corrected chi connectivity index (χ2v) is 5.92. The molecule has 0 spiro atoms. The molecule has 0 saturated heterocycles. The largest absolute Gasteiger partial charge is 0.452 e. The molecule has 0 atom stereocenters. The van der Waals surface area contributed by atoms with Crippen LogP contribution in [0.15, 0.2) is 53.0 Å². The number of anilines is 1. The Bertz CT molecular complexity index is 712. The predicted molar refractivity (Wildman–Crippen MR) is 86.9 cm³/mol. The van der Waals surface area contributed by atoms with Gasteiger partial charge >= 0.3 is 5.97 Å². The summed E-state index contributed by atoms with van der Waals surface area (Å²) in [6.07, 6.45) is 0.836. The van der Waals surface area contributed by atoms with Crippen molar-refractivity contribution in [3.8, 4) is 0 Å². The van der Waals surface area contributed by atoms with Crippen molar-refractivity contribution in [2.75, 3.05) is 18.1 Å². The van der Waals surface area contributed by atoms with E-state index >= 15 is 0 Å². The number of carbonyl (C=O) groups excluding carboxylic acids is 2. The number of benzene rings is 2. The molecule has 1 amide bonds. The summed E-state index contributed by atoms with van der Waals surface area (Å²) in [6, 6.07) is 14.6. The molecule has 1 heterocycles. The maximum absolute atomic E-state index is 12.2. The Kier molecular flexibility index (Phi) is 4.24. The van der Waals surface area contributed by atoms with Gasteiger partial charge in [0.2, 0.25) is 0 Å². The van der Waals surface area contributed by atoms with Crippen LogP contribution in [0, 0.1) is 0 Å². The first kappa shape index (κ1) is 14.8. The maximum atomic E-state index is 12.2. The number of esters is 1. The molecule has 0 radical (unpaired) electrons. The van der Waals surface area contributed by atoms with E-state index in [1.807, 2.05) is 24.3 Å². The minimum atomic E-state index is -0.492. The smallest absolute Gasteiger partial charge is 0.338 e. The molecule has 4 nitrogen and oxygen atoms in total. The molecule has 0 unspecified atom stereocenters. The lowest BCUT2D eigenvalue weighted by Gasteiger charge is -2.17. The van der Waals surface area contributed by atoms with Crippen molar-refractivity contribution in [2.45, 2.75) is 6.42 Å². The van der Waals surface area contributed by atoms with Crippen LogP contribution in [0.3, 0.4) is 0 Å². The fraction of sp³-hybridized carbons (Fsp3) is 0.176. The average molecular weight is 360 g/mol. The molecule has 5 heteroatoms. The van der Waals surface area contributed by atoms with E-state index < -0.39 is 5.97 Å². The van der Waals surface area contributed by atoms with Gasteiger partial charge in [-0.1, -0.05) is 34.1 Å². The van der Waals surface area contributed by atoms with E-state index in [-0.39, 0.29) is 12.5 Å². The van der Waals surface area contributed by atoms with Crippen LogP contribution < -0.4 is 4.90 Å². The molecule has 0 saturated carbocycles. The van der Waals surface area contributed by atoms with Crippen LogP contribution in [0.2, 0.25) is 0 Å². The van der Waals surface area contributed by atoms with Gasteiger partial charge in [0, 0.05) is 16.7 Å². The van der Waals surface area contributed by atoms with Crippen LogP contribution in [0.4, 0.5) is 5.69 Å². The molecule has 0 aliphatic carbocycles. The number of hydrogen-bond donors (Lipinski definition) is 0. The molecule has 2 aromatic carbocycles. The third kappa shape index (κ3) is 3.04. The summed E-state index contributed by atoms with van der Waals surface area (Å²) in [5, 5.41) is 0. The number of nitrogens with zero attached hydrogens (tertiary/aromatic N) is 1. The fourth-order valence-electron chi connectivity index (χ4n) is 2.47. The van der Waals surface area contributed by atoms with E-state index in [4.69, 9.17) is 4.74 Å². The molecule has 2 aromatic rings. The quantitative estimate of drug-likeness (QED) is 0.790. The summed E-state index contributed by atoms with van der Waals surface area (Å²) in [5.74, 6) is -0.691. The highest BCUT2D eigenvalue weighted by Gasteiger charge is 2.24. The lowest BCUT2D eigenvalue weighted by molar-refractivity contribution is -0.121. The zero-order valence-electron chi connectivity index (χ0n) is 11.8. The molecule has 0 bridgehead atoms. The first-order valence-corrected chi connectivity index (χ1v) is 7.75. The Morgan fingerprint density at radius 1 is 1.09 bits per heavy atom. The monoisotopic (exact) mass is 359 g/mol. The minimum absolute atomic E-state index is 0.199. The SMILES string of the molecule is O=C(OCC(=O)N1CCc2ccccc21)c1ccc(Br)cc1. The standard InChI is InChI=1S/C17H14BrNO3/c18-14-7-5-13(6-8-14)17(21)22-11-16(20)19-10-9-12-3-1-2-4-15(12)19/h1-8H,9-11H2. The second-order valence-electron chi connectivity index (χ2n) is 5.01. The molecule has 112 valence electrons.